The Kier molecular flexibility index (Phi) is 5.19. The number of thioether (sulfide) groups is 1. The summed E-state index contributed by atoms with van der Waals surface area (Å²) in [6.45, 7) is 4.30. The maximum atomic E-state index is 5.88. The largest absolute Gasteiger partial charge is 0.367 e. The van der Waals surface area contributed by atoms with Crippen LogP contribution in [0.3, 0.4) is 0 Å². The highest BCUT2D eigenvalue weighted by Crippen LogP contribution is 2.18. The van der Waals surface area contributed by atoms with E-state index in [1.54, 1.807) is 6.07 Å². The van der Waals surface area contributed by atoms with E-state index < -0.39 is 0 Å². The molecule has 0 bridgehead atoms. The lowest BCUT2D eigenvalue weighted by Crippen LogP contribution is -2.15. The van der Waals surface area contributed by atoms with E-state index in [0.717, 1.165) is 18.7 Å². The molecule has 1 unspecified atom stereocenters. The van der Waals surface area contributed by atoms with Crippen molar-refractivity contribution in [2.75, 3.05) is 11.6 Å². The highest BCUT2D eigenvalue weighted by molar-refractivity contribution is 7.98. The maximum Gasteiger partial charge on any atom is 0.190 e. The lowest BCUT2D eigenvalue weighted by Gasteiger charge is -2.13. The van der Waals surface area contributed by atoms with Crippen LogP contribution in [-0.4, -0.2) is 22.3 Å². The van der Waals surface area contributed by atoms with Gasteiger partial charge in [0, 0.05) is 12.1 Å². The molecule has 3 nitrogen and oxygen atoms in total. The normalized spacial score (nSPS) is 12.5. The summed E-state index contributed by atoms with van der Waals surface area (Å²) in [5.41, 5.74) is 0. The van der Waals surface area contributed by atoms with E-state index in [0.29, 0.717) is 16.4 Å². The summed E-state index contributed by atoms with van der Waals surface area (Å²) in [7, 11) is 0. The van der Waals surface area contributed by atoms with Crippen LogP contribution in [0.2, 0.25) is 5.15 Å². The highest BCUT2D eigenvalue weighted by atomic mass is 35.5. The number of hydrogen-bond acceptors (Lipinski definition) is 4. The molecule has 84 valence electrons. The molecule has 0 amide bonds. The molecule has 1 atom stereocenters. The molecule has 0 fully saturated rings. The summed E-state index contributed by atoms with van der Waals surface area (Å²) < 4.78 is 0. The molecule has 0 aliphatic rings. The highest BCUT2D eigenvalue weighted by Gasteiger charge is 2.05. The van der Waals surface area contributed by atoms with Crippen molar-refractivity contribution < 1.29 is 0 Å². The number of nitrogens with zero attached hydrogens (tertiary/aromatic N) is 2. The van der Waals surface area contributed by atoms with Crippen molar-refractivity contribution in [3.8, 4) is 0 Å². The van der Waals surface area contributed by atoms with Gasteiger partial charge in [0.05, 0.1) is 0 Å². The lowest BCUT2D eigenvalue weighted by molar-refractivity contribution is 0.685. The average molecular weight is 246 g/mol. The van der Waals surface area contributed by atoms with E-state index in [9.17, 15) is 0 Å². The molecule has 0 aromatic carbocycles. The molecule has 1 N–H and O–H groups in total. The van der Waals surface area contributed by atoms with Crippen molar-refractivity contribution in [1.82, 2.24) is 9.97 Å². The van der Waals surface area contributed by atoms with Crippen molar-refractivity contribution in [2.24, 2.45) is 0 Å². The van der Waals surface area contributed by atoms with Gasteiger partial charge in [0.25, 0.3) is 0 Å². The Morgan fingerprint density at radius 1 is 1.53 bits per heavy atom. The first-order valence-electron chi connectivity index (χ1n) is 5.00. The number of anilines is 1. The molecule has 15 heavy (non-hydrogen) atoms. The number of rotatable bonds is 5. The molecule has 0 aliphatic carbocycles. The van der Waals surface area contributed by atoms with Gasteiger partial charge in [-0.2, -0.15) is 0 Å². The molecular weight excluding hydrogens is 230 g/mol. The second-order valence-corrected chi connectivity index (χ2v) is 4.56. The zero-order valence-electron chi connectivity index (χ0n) is 9.25. The van der Waals surface area contributed by atoms with Crippen LogP contribution in [0.25, 0.3) is 0 Å². The number of aromatic nitrogens is 2. The molecule has 1 rings (SSSR count). The smallest absolute Gasteiger partial charge is 0.190 e. The second kappa shape index (κ2) is 6.18. The Morgan fingerprint density at radius 3 is 2.87 bits per heavy atom. The molecule has 0 saturated carbocycles. The van der Waals surface area contributed by atoms with Crippen molar-refractivity contribution >= 4 is 29.2 Å². The third-order valence-corrected chi connectivity index (χ3v) is 2.71. The Labute approximate surface area is 100 Å². The van der Waals surface area contributed by atoms with Gasteiger partial charge in [-0.15, -0.1) is 0 Å². The Morgan fingerprint density at radius 2 is 2.27 bits per heavy atom. The van der Waals surface area contributed by atoms with E-state index in [-0.39, 0.29) is 0 Å². The molecule has 0 saturated heterocycles. The Hall–Kier alpha value is -0.480. The molecule has 1 aromatic rings. The predicted molar refractivity (Wildman–Crippen MR) is 66.8 cm³/mol. The van der Waals surface area contributed by atoms with Crippen molar-refractivity contribution in [3.05, 3.63) is 11.2 Å². The third kappa shape index (κ3) is 4.26. The minimum atomic E-state index is 0.413. The van der Waals surface area contributed by atoms with E-state index in [2.05, 4.69) is 29.1 Å². The topological polar surface area (TPSA) is 37.8 Å². The van der Waals surface area contributed by atoms with Gasteiger partial charge in [0.2, 0.25) is 0 Å². The van der Waals surface area contributed by atoms with Gasteiger partial charge >= 0.3 is 0 Å². The molecule has 5 heteroatoms. The quantitative estimate of drug-likeness (QED) is 0.490. The van der Waals surface area contributed by atoms with Crippen molar-refractivity contribution in [3.63, 3.8) is 0 Å². The molecule has 0 aliphatic heterocycles. The second-order valence-electron chi connectivity index (χ2n) is 3.40. The summed E-state index contributed by atoms with van der Waals surface area (Å²) >= 11 is 7.38. The summed E-state index contributed by atoms with van der Waals surface area (Å²) in [4.78, 5) is 8.41. The van der Waals surface area contributed by atoms with Crippen LogP contribution < -0.4 is 5.32 Å². The molecular formula is C10H16ClN3S. The fourth-order valence-electron chi connectivity index (χ4n) is 1.32. The van der Waals surface area contributed by atoms with Crippen LogP contribution in [0, 0.1) is 0 Å². The minimum absolute atomic E-state index is 0.413. The van der Waals surface area contributed by atoms with Crippen molar-refractivity contribution in [2.45, 2.75) is 37.9 Å². The van der Waals surface area contributed by atoms with E-state index in [4.69, 9.17) is 11.6 Å². The summed E-state index contributed by atoms with van der Waals surface area (Å²) in [6.07, 6.45) is 4.21. The van der Waals surface area contributed by atoms with Gasteiger partial charge in [0.1, 0.15) is 11.0 Å². The average Bonchev–Trinajstić information content (AvgIpc) is 2.17. The first-order valence-corrected chi connectivity index (χ1v) is 6.61. The Balaban J connectivity index is 2.71. The fourth-order valence-corrected chi connectivity index (χ4v) is 1.93. The molecule has 0 spiro atoms. The van der Waals surface area contributed by atoms with E-state index >= 15 is 0 Å². The summed E-state index contributed by atoms with van der Waals surface area (Å²) in [5, 5.41) is 4.50. The lowest BCUT2D eigenvalue weighted by atomic mass is 10.2. The Bertz CT molecular complexity index is 320. The third-order valence-electron chi connectivity index (χ3n) is 1.97. The van der Waals surface area contributed by atoms with Crippen LogP contribution >= 0.6 is 23.4 Å². The molecule has 1 aromatic heterocycles. The van der Waals surface area contributed by atoms with Crippen LogP contribution in [0.15, 0.2) is 11.2 Å². The van der Waals surface area contributed by atoms with E-state index in [1.807, 2.05) is 6.26 Å². The van der Waals surface area contributed by atoms with Gasteiger partial charge in [0.15, 0.2) is 5.16 Å². The maximum absolute atomic E-state index is 5.88. The minimum Gasteiger partial charge on any atom is -0.367 e. The molecule has 0 radical (unpaired) electrons. The van der Waals surface area contributed by atoms with Gasteiger partial charge in [-0.3, -0.25) is 0 Å². The van der Waals surface area contributed by atoms with E-state index in [1.165, 1.54) is 11.8 Å². The zero-order chi connectivity index (χ0) is 11.3. The predicted octanol–water partition coefficient (Wildman–Crippen LogP) is 3.45. The van der Waals surface area contributed by atoms with Crippen LogP contribution in [0.4, 0.5) is 5.82 Å². The van der Waals surface area contributed by atoms with Crippen LogP contribution in [0.1, 0.15) is 26.7 Å². The summed E-state index contributed by atoms with van der Waals surface area (Å²) in [6, 6.07) is 2.17. The number of nitrogens with one attached hydrogen (secondary N) is 1. The van der Waals surface area contributed by atoms with Gasteiger partial charge in [-0.1, -0.05) is 36.7 Å². The van der Waals surface area contributed by atoms with Crippen LogP contribution in [-0.2, 0) is 0 Å². The monoisotopic (exact) mass is 245 g/mol. The molecule has 1 heterocycles. The van der Waals surface area contributed by atoms with Gasteiger partial charge < -0.3 is 5.32 Å². The van der Waals surface area contributed by atoms with Gasteiger partial charge in [-0.25, -0.2) is 9.97 Å². The SMILES string of the molecule is CCCC(C)Nc1cc(Cl)nc(SC)n1. The first-order chi connectivity index (χ1) is 7.15. The van der Waals surface area contributed by atoms with Crippen molar-refractivity contribution in [1.29, 1.82) is 0 Å². The van der Waals surface area contributed by atoms with Gasteiger partial charge in [-0.05, 0) is 19.6 Å². The fraction of sp³-hybridized carbons (Fsp3) is 0.600. The van der Waals surface area contributed by atoms with Crippen LogP contribution in [0.5, 0.6) is 0 Å². The standard InChI is InChI=1S/C10H16ClN3S/c1-4-5-7(2)12-9-6-8(11)13-10(14-9)15-3/h6-7H,4-5H2,1-3H3,(H,12,13,14). The zero-order valence-corrected chi connectivity index (χ0v) is 10.8. The number of hydrogen-bond donors (Lipinski definition) is 1. The first kappa shape index (κ1) is 12.6. The summed E-state index contributed by atoms with van der Waals surface area (Å²) in [5.74, 6) is 0.806. The number of halogens is 1.